The second kappa shape index (κ2) is 8.24. The van der Waals surface area contributed by atoms with Crippen molar-refractivity contribution in [2.45, 2.75) is 24.9 Å². The molecule has 24 heavy (non-hydrogen) atoms. The van der Waals surface area contributed by atoms with Crippen molar-refractivity contribution in [2.24, 2.45) is 0 Å². The van der Waals surface area contributed by atoms with Crippen molar-refractivity contribution in [1.82, 2.24) is 15.3 Å². The van der Waals surface area contributed by atoms with Crippen LogP contribution in [0.3, 0.4) is 0 Å². The fourth-order valence-corrected chi connectivity index (χ4v) is 2.93. The van der Waals surface area contributed by atoms with Gasteiger partial charge in [-0.25, -0.2) is 19.8 Å². The molecule has 0 radical (unpaired) electrons. The Morgan fingerprint density at radius 3 is 2.67 bits per heavy atom. The number of urea groups is 1. The van der Waals surface area contributed by atoms with E-state index in [9.17, 15) is 27.4 Å². The zero-order valence-electron chi connectivity index (χ0n) is 12.8. The first kappa shape index (κ1) is 20.8. The van der Waals surface area contributed by atoms with Crippen LogP contribution in [-0.2, 0) is 24.3 Å². The van der Waals surface area contributed by atoms with Crippen molar-refractivity contribution >= 4 is 28.1 Å². The number of hydroxylamine groups is 2. The summed E-state index contributed by atoms with van der Waals surface area (Å²) in [5.74, 6) is -1.04. The number of amides is 3. The molecule has 13 heteroatoms. The van der Waals surface area contributed by atoms with Gasteiger partial charge in [-0.15, -0.1) is 0 Å². The predicted octanol–water partition coefficient (Wildman–Crippen LogP) is -4.74. The van der Waals surface area contributed by atoms with Crippen LogP contribution in [-0.4, -0.2) is 72.4 Å². The molecule has 0 aliphatic carbocycles. The van der Waals surface area contributed by atoms with E-state index in [0.29, 0.717) is 5.06 Å². The molecule has 0 aromatic rings. The largest absolute Gasteiger partial charge is 1.00 e. The Morgan fingerprint density at radius 2 is 2.08 bits per heavy atom. The minimum Gasteiger partial charge on any atom is -0.724 e. The topological polar surface area (TPSA) is 141 Å². The van der Waals surface area contributed by atoms with E-state index in [1.807, 2.05) is 0 Å². The van der Waals surface area contributed by atoms with Gasteiger partial charge < -0.3 is 19.6 Å². The van der Waals surface area contributed by atoms with Crippen molar-refractivity contribution < 1.29 is 61.2 Å². The molecule has 2 bridgehead atoms. The molecular formula is C11H13N4NaO7S. The van der Waals surface area contributed by atoms with Gasteiger partial charge >= 0.3 is 35.6 Å². The third kappa shape index (κ3) is 4.88. The van der Waals surface area contributed by atoms with E-state index in [2.05, 4.69) is 14.4 Å². The van der Waals surface area contributed by atoms with Gasteiger partial charge in [-0.05, 0) is 12.8 Å². The van der Waals surface area contributed by atoms with E-state index in [1.54, 1.807) is 0 Å². The van der Waals surface area contributed by atoms with Crippen molar-refractivity contribution in [2.75, 3.05) is 19.6 Å². The van der Waals surface area contributed by atoms with E-state index in [4.69, 9.17) is 6.57 Å². The van der Waals surface area contributed by atoms with Crippen molar-refractivity contribution in [3.8, 4) is 0 Å². The summed E-state index contributed by atoms with van der Waals surface area (Å²) in [5.41, 5.74) is 0. The minimum absolute atomic E-state index is 0. The Balaban J connectivity index is 0.00000288. The molecule has 1 N–H and O–H groups in total. The van der Waals surface area contributed by atoms with Crippen LogP contribution >= 0.6 is 0 Å². The second-order valence-electron chi connectivity index (χ2n) is 5.06. The number of piperidine rings is 1. The van der Waals surface area contributed by atoms with Crippen molar-refractivity contribution in [3.05, 3.63) is 11.4 Å². The molecule has 2 saturated heterocycles. The number of Topliss-reactive ketones (excluding diaryl/α,β-unsaturated/α-hetero) is 1. The fraction of sp³-hybridized carbons (Fsp3) is 0.636. The number of hydrogen-bond acceptors (Lipinski definition) is 7. The van der Waals surface area contributed by atoms with E-state index in [-0.39, 0.29) is 62.0 Å². The maximum absolute atomic E-state index is 12.1. The second-order valence-corrected chi connectivity index (χ2v) is 6.03. The SMILES string of the molecule is [C-]#[N+]CC(=O)CNC(=O)[C@@H]1CC[C@@H]2CN1C(=O)N2OS(=O)(=O)[O-].[Na+]. The number of rotatable bonds is 6. The van der Waals surface area contributed by atoms with Crippen LogP contribution in [0.1, 0.15) is 12.8 Å². The van der Waals surface area contributed by atoms with Crippen LogP contribution < -0.4 is 34.9 Å². The molecule has 3 amide bonds. The van der Waals surface area contributed by atoms with Gasteiger partial charge in [0.25, 0.3) is 6.54 Å². The standard InChI is InChI=1S/C11H14N4O7S.Na/c1-12-4-8(16)5-13-10(17)9-3-2-7-6-14(9)11(18)15(7)22-23(19,20)21;/h7,9H,2-6H2,(H,13,17)(H,19,20,21);/q;+1/p-1/t7-,9+;/m1./s1. The van der Waals surface area contributed by atoms with Crippen LogP contribution in [0.4, 0.5) is 4.79 Å². The monoisotopic (exact) mass is 368 g/mol. The van der Waals surface area contributed by atoms with Crippen LogP contribution in [0.2, 0.25) is 0 Å². The molecule has 126 valence electrons. The number of nitrogens with zero attached hydrogens (tertiary/aromatic N) is 3. The first-order valence-electron chi connectivity index (χ1n) is 6.61. The number of ketones is 1. The molecule has 0 aromatic carbocycles. The third-order valence-electron chi connectivity index (χ3n) is 3.51. The molecule has 2 aliphatic heterocycles. The molecule has 2 atom stereocenters. The summed E-state index contributed by atoms with van der Waals surface area (Å²) < 4.78 is 36.1. The zero-order chi connectivity index (χ0) is 17.2. The van der Waals surface area contributed by atoms with E-state index < -0.39 is 40.2 Å². The molecule has 0 unspecified atom stereocenters. The summed E-state index contributed by atoms with van der Waals surface area (Å²) in [6, 6.07) is -2.40. The normalized spacial score (nSPS) is 22.6. The Bertz CT molecular complexity index is 676. The van der Waals surface area contributed by atoms with Crippen LogP contribution in [0, 0.1) is 6.57 Å². The Kier molecular flexibility index (Phi) is 7.14. The summed E-state index contributed by atoms with van der Waals surface area (Å²) in [7, 11) is -5.09. The van der Waals surface area contributed by atoms with Gasteiger partial charge in [0, 0.05) is 6.54 Å². The first-order valence-corrected chi connectivity index (χ1v) is 7.94. The van der Waals surface area contributed by atoms with Gasteiger partial charge in [-0.1, -0.05) is 0 Å². The molecule has 0 spiro atoms. The van der Waals surface area contributed by atoms with E-state index >= 15 is 0 Å². The Labute approximate surface area is 160 Å². The van der Waals surface area contributed by atoms with Crippen LogP contribution in [0.25, 0.3) is 4.85 Å². The van der Waals surface area contributed by atoms with Gasteiger partial charge in [0.2, 0.25) is 22.1 Å². The van der Waals surface area contributed by atoms with Gasteiger partial charge in [-0.2, -0.15) is 9.35 Å². The van der Waals surface area contributed by atoms with Crippen molar-refractivity contribution in [3.63, 3.8) is 0 Å². The van der Waals surface area contributed by atoms with E-state index in [0.717, 1.165) is 4.90 Å². The third-order valence-corrected chi connectivity index (χ3v) is 3.86. The molecule has 2 aliphatic rings. The summed E-state index contributed by atoms with van der Waals surface area (Å²) in [4.78, 5) is 39.3. The molecule has 0 saturated carbocycles. The average Bonchev–Trinajstić information content (AvgIpc) is 2.69. The maximum Gasteiger partial charge on any atom is 1.00 e. The zero-order valence-corrected chi connectivity index (χ0v) is 15.6. The number of hydrogen-bond donors (Lipinski definition) is 1. The maximum atomic E-state index is 12.1. The quantitative estimate of drug-likeness (QED) is 0.215. The van der Waals surface area contributed by atoms with Crippen molar-refractivity contribution in [1.29, 1.82) is 0 Å². The Hall–Kier alpha value is -1.23. The molecular weight excluding hydrogens is 355 g/mol. The summed E-state index contributed by atoms with van der Waals surface area (Å²) >= 11 is 0. The van der Waals surface area contributed by atoms with Gasteiger partial charge in [0.1, 0.15) is 6.04 Å². The molecule has 11 nitrogen and oxygen atoms in total. The molecule has 2 rings (SSSR count). The predicted molar refractivity (Wildman–Crippen MR) is 71.0 cm³/mol. The minimum atomic E-state index is -5.09. The summed E-state index contributed by atoms with van der Waals surface area (Å²) in [5, 5.41) is 2.81. The average molecular weight is 368 g/mol. The van der Waals surface area contributed by atoms with Gasteiger partial charge in [-0.3, -0.25) is 9.59 Å². The first-order chi connectivity index (χ1) is 10.7. The number of fused-ring (bicyclic) bond motifs is 2. The van der Waals surface area contributed by atoms with E-state index in [1.165, 1.54) is 0 Å². The molecule has 0 aromatic heterocycles. The number of carbonyl (C=O) groups excluding carboxylic acids is 3. The van der Waals surface area contributed by atoms with Crippen LogP contribution in [0.5, 0.6) is 0 Å². The summed E-state index contributed by atoms with van der Waals surface area (Å²) in [6.45, 7) is 5.92. The van der Waals surface area contributed by atoms with Crippen LogP contribution in [0.15, 0.2) is 0 Å². The molecule has 2 heterocycles. The van der Waals surface area contributed by atoms with Gasteiger partial charge in [0.05, 0.1) is 12.6 Å². The number of nitrogens with one attached hydrogen (secondary N) is 1. The summed E-state index contributed by atoms with van der Waals surface area (Å²) in [6.07, 6.45) is 0.504. The smallest absolute Gasteiger partial charge is 0.724 e. The van der Waals surface area contributed by atoms with Gasteiger partial charge in [0.15, 0.2) is 0 Å². The fourth-order valence-electron chi connectivity index (χ4n) is 2.55. The molecule has 2 fully saturated rings. The number of carbonyl (C=O) groups is 3. The Morgan fingerprint density at radius 1 is 1.42 bits per heavy atom.